The van der Waals surface area contributed by atoms with Crippen molar-refractivity contribution >= 4 is 39.7 Å². The molecule has 0 saturated heterocycles. The number of aromatic nitrogens is 2. The molecule has 0 aliphatic rings. The van der Waals surface area contributed by atoms with Gasteiger partial charge in [-0.15, -0.1) is 0 Å². The van der Waals surface area contributed by atoms with Gasteiger partial charge in [0.25, 0.3) is 0 Å². The molecule has 0 atom stereocenters. The van der Waals surface area contributed by atoms with Crippen molar-refractivity contribution in [2.75, 3.05) is 36.0 Å². The molecule has 7 nitrogen and oxygen atoms in total. The normalized spacial score (nSPS) is 11.0. The molecule has 2 aromatic carbocycles. The molecular formula is C22H28N6O. The molecule has 1 heterocycles. The number of carbonyl (C=O) groups excluding carboxylic acids is 1. The summed E-state index contributed by atoms with van der Waals surface area (Å²) in [6.07, 6.45) is 3.60. The fourth-order valence-corrected chi connectivity index (χ4v) is 3.25. The van der Waals surface area contributed by atoms with E-state index in [1.165, 1.54) is 6.33 Å². The van der Waals surface area contributed by atoms with Crippen LogP contribution in [0.2, 0.25) is 0 Å². The lowest BCUT2D eigenvalue weighted by Gasteiger charge is -2.20. The van der Waals surface area contributed by atoms with Gasteiger partial charge in [-0.1, -0.05) is 13.8 Å². The second kappa shape index (κ2) is 9.84. The first-order valence-corrected chi connectivity index (χ1v) is 9.98. The molecule has 0 spiro atoms. The maximum absolute atomic E-state index is 12.3. The molecule has 7 heteroatoms. The second-order valence-corrected chi connectivity index (χ2v) is 7.03. The van der Waals surface area contributed by atoms with Crippen molar-refractivity contribution in [1.29, 1.82) is 0 Å². The zero-order valence-electron chi connectivity index (χ0n) is 17.0. The Morgan fingerprint density at radius 1 is 1.00 bits per heavy atom. The van der Waals surface area contributed by atoms with Crippen molar-refractivity contribution in [2.24, 2.45) is 0 Å². The molecule has 0 bridgehead atoms. The van der Waals surface area contributed by atoms with Crippen molar-refractivity contribution in [3.8, 4) is 0 Å². The van der Waals surface area contributed by atoms with Crippen LogP contribution in [0.15, 0.2) is 48.8 Å². The van der Waals surface area contributed by atoms with Gasteiger partial charge in [0.05, 0.1) is 12.1 Å². The summed E-state index contributed by atoms with van der Waals surface area (Å²) in [6, 6.07) is 13.1. The Morgan fingerprint density at radius 3 is 2.38 bits per heavy atom. The number of fused-ring (bicyclic) bond motifs is 1. The molecule has 0 aliphatic heterocycles. The lowest BCUT2D eigenvalue weighted by Crippen LogP contribution is -2.34. The van der Waals surface area contributed by atoms with Gasteiger partial charge in [0.2, 0.25) is 5.91 Å². The Labute approximate surface area is 171 Å². The Kier molecular flexibility index (Phi) is 6.97. The van der Waals surface area contributed by atoms with Gasteiger partial charge >= 0.3 is 0 Å². The van der Waals surface area contributed by atoms with E-state index in [1.807, 2.05) is 42.5 Å². The number of hydrogen-bond donors (Lipinski definition) is 3. The third-order valence-corrected chi connectivity index (χ3v) is 4.54. The maximum atomic E-state index is 12.3. The first-order chi connectivity index (χ1) is 14.1. The highest BCUT2D eigenvalue weighted by atomic mass is 16.2. The third-order valence-electron chi connectivity index (χ3n) is 4.54. The van der Waals surface area contributed by atoms with Crippen molar-refractivity contribution in [1.82, 2.24) is 14.9 Å². The molecule has 3 aromatic rings. The van der Waals surface area contributed by atoms with E-state index in [1.54, 1.807) is 0 Å². The Hall–Kier alpha value is -3.19. The molecule has 0 radical (unpaired) electrons. The fourth-order valence-electron chi connectivity index (χ4n) is 3.25. The van der Waals surface area contributed by atoms with Crippen LogP contribution < -0.4 is 16.4 Å². The van der Waals surface area contributed by atoms with Crippen molar-refractivity contribution < 1.29 is 4.79 Å². The third kappa shape index (κ3) is 5.65. The Morgan fingerprint density at radius 2 is 1.69 bits per heavy atom. The molecule has 4 N–H and O–H groups in total. The largest absolute Gasteiger partial charge is 0.399 e. The lowest BCUT2D eigenvalue weighted by atomic mass is 10.2. The van der Waals surface area contributed by atoms with Gasteiger partial charge in [0.15, 0.2) is 0 Å². The quantitative estimate of drug-likeness (QED) is 0.476. The molecule has 3 rings (SSSR count). The molecule has 1 aromatic heterocycles. The van der Waals surface area contributed by atoms with E-state index in [9.17, 15) is 4.79 Å². The molecule has 1 amide bonds. The Bertz CT molecular complexity index is 951. The SMILES string of the molecule is CCCN(CCC)CC(=O)Nc1ccc(Nc2ncnc3ccc(N)cc23)cc1. The van der Waals surface area contributed by atoms with E-state index in [4.69, 9.17) is 5.73 Å². The van der Waals surface area contributed by atoms with Crippen LogP contribution in [0.25, 0.3) is 10.9 Å². The first-order valence-electron chi connectivity index (χ1n) is 9.98. The van der Waals surface area contributed by atoms with E-state index in [-0.39, 0.29) is 5.91 Å². The summed E-state index contributed by atoms with van der Waals surface area (Å²) in [5.74, 6) is 0.693. The number of nitrogen functional groups attached to an aromatic ring is 1. The van der Waals surface area contributed by atoms with Gasteiger partial charge in [0.1, 0.15) is 12.1 Å². The second-order valence-electron chi connectivity index (χ2n) is 7.03. The standard InChI is InChI=1S/C22H28N6O/c1-3-11-28(12-4-2)14-21(29)26-17-6-8-18(9-7-17)27-22-19-13-16(23)5-10-20(19)24-15-25-22/h5-10,13,15H,3-4,11-12,14,23H2,1-2H3,(H,26,29)(H,24,25,27). The number of rotatable bonds is 9. The number of nitrogens with one attached hydrogen (secondary N) is 2. The van der Waals surface area contributed by atoms with Crippen molar-refractivity contribution in [2.45, 2.75) is 26.7 Å². The minimum absolute atomic E-state index is 0.00452. The van der Waals surface area contributed by atoms with Gasteiger partial charge in [-0.05, 0) is 68.4 Å². The number of anilines is 4. The molecule has 0 unspecified atom stereocenters. The van der Waals surface area contributed by atoms with E-state index in [0.717, 1.165) is 48.2 Å². The monoisotopic (exact) mass is 392 g/mol. The average Bonchev–Trinajstić information content (AvgIpc) is 2.70. The van der Waals surface area contributed by atoms with Crippen LogP contribution in [-0.4, -0.2) is 40.4 Å². The van der Waals surface area contributed by atoms with E-state index >= 15 is 0 Å². The van der Waals surface area contributed by atoms with Crippen molar-refractivity contribution in [3.63, 3.8) is 0 Å². The summed E-state index contributed by atoms with van der Waals surface area (Å²) in [7, 11) is 0. The zero-order chi connectivity index (χ0) is 20.6. The average molecular weight is 393 g/mol. The van der Waals surface area contributed by atoms with Crippen LogP contribution in [0.3, 0.4) is 0 Å². The summed E-state index contributed by atoms with van der Waals surface area (Å²) >= 11 is 0. The van der Waals surface area contributed by atoms with Crippen LogP contribution in [0.5, 0.6) is 0 Å². The summed E-state index contributed by atoms with van der Waals surface area (Å²) < 4.78 is 0. The Balaban J connectivity index is 1.65. The van der Waals surface area contributed by atoms with Crippen molar-refractivity contribution in [3.05, 3.63) is 48.8 Å². The minimum atomic E-state index is 0.00452. The molecule has 0 aliphatic carbocycles. The van der Waals surface area contributed by atoms with Gasteiger partial charge < -0.3 is 16.4 Å². The zero-order valence-corrected chi connectivity index (χ0v) is 17.0. The summed E-state index contributed by atoms with van der Waals surface area (Å²) in [4.78, 5) is 23.1. The molecule has 0 fully saturated rings. The predicted molar refractivity (Wildman–Crippen MR) is 119 cm³/mol. The summed E-state index contributed by atoms with van der Waals surface area (Å²) in [6.45, 7) is 6.53. The summed E-state index contributed by atoms with van der Waals surface area (Å²) in [5.41, 5.74) is 9.02. The number of hydrogen-bond acceptors (Lipinski definition) is 6. The van der Waals surface area contributed by atoms with Crippen LogP contribution in [0, 0.1) is 0 Å². The van der Waals surface area contributed by atoms with Gasteiger partial charge in [0, 0.05) is 22.4 Å². The van der Waals surface area contributed by atoms with E-state index in [2.05, 4.69) is 39.3 Å². The number of nitrogens with two attached hydrogens (primary N) is 1. The number of benzene rings is 2. The van der Waals surface area contributed by atoms with Gasteiger partial charge in [-0.2, -0.15) is 0 Å². The highest BCUT2D eigenvalue weighted by molar-refractivity contribution is 5.94. The molecule has 0 saturated carbocycles. The van der Waals surface area contributed by atoms with E-state index in [0.29, 0.717) is 18.1 Å². The van der Waals surface area contributed by atoms with Crippen LogP contribution in [0.1, 0.15) is 26.7 Å². The molecular weight excluding hydrogens is 364 g/mol. The van der Waals surface area contributed by atoms with Gasteiger partial charge in [-0.3, -0.25) is 9.69 Å². The van der Waals surface area contributed by atoms with E-state index < -0.39 is 0 Å². The fraction of sp³-hybridized carbons (Fsp3) is 0.318. The maximum Gasteiger partial charge on any atom is 0.238 e. The highest BCUT2D eigenvalue weighted by Crippen LogP contribution is 2.25. The van der Waals surface area contributed by atoms with Gasteiger partial charge in [-0.25, -0.2) is 9.97 Å². The molecule has 152 valence electrons. The number of carbonyl (C=O) groups is 1. The highest BCUT2D eigenvalue weighted by Gasteiger charge is 2.10. The predicted octanol–water partition coefficient (Wildman–Crippen LogP) is 4.02. The minimum Gasteiger partial charge on any atom is -0.399 e. The number of amides is 1. The first kappa shape index (κ1) is 20.5. The summed E-state index contributed by atoms with van der Waals surface area (Å²) in [5, 5.41) is 7.12. The topological polar surface area (TPSA) is 96.2 Å². The molecule has 29 heavy (non-hydrogen) atoms. The van der Waals surface area contributed by atoms with Crippen LogP contribution in [0.4, 0.5) is 22.9 Å². The smallest absolute Gasteiger partial charge is 0.238 e. The lowest BCUT2D eigenvalue weighted by molar-refractivity contribution is -0.117. The van der Waals surface area contributed by atoms with Crippen LogP contribution >= 0.6 is 0 Å². The number of nitrogens with zero attached hydrogens (tertiary/aromatic N) is 3. The van der Waals surface area contributed by atoms with Crippen LogP contribution in [-0.2, 0) is 4.79 Å².